The number of nitrogens with one attached hydrogen (secondary N) is 1. The average Bonchev–Trinajstić information content (AvgIpc) is 2.29. The second kappa shape index (κ2) is 8.48. The largest absolute Gasteiger partial charge is 0.379 e. The van der Waals surface area contributed by atoms with Gasteiger partial charge in [-0.15, -0.1) is 0 Å². The van der Waals surface area contributed by atoms with Gasteiger partial charge in [0.2, 0.25) is 5.91 Å². The number of hydrogen-bond donors (Lipinski definition) is 1. The quantitative estimate of drug-likeness (QED) is 0.683. The Morgan fingerprint density at radius 2 is 2.00 bits per heavy atom. The molecule has 4 heteroatoms. The van der Waals surface area contributed by atoms with Crippen molar-refractivity contribution in [3.05, 3.63) is 0 Å². The Morgan fingerprint density at radius 3 is 2.65 bits per heavy atom. The van der Waals surface area contributed by atoms with Crippen molar-refractivity contribution in [3.63, 3.8) is 0 Å². The molecule has 0 atom stereocenters. The first-order chi connectivity index (χ1) is 8.18. The van der Waals surface area contributed by atoms with Gasteiger partial charge in [-0.3, -0.25) is 9.69 Å². The third kappa shape index (κ3) is 7.34. The summed E-state index contributed by atoms with van der Waals surface area (Å²) in [6, 6.07) is 0. The molecule has 0 radical (unpaired) electrons. The van der Waals surface area contributed by atoms with Crippen molar-refractivity contribution in [2.24, 2.45) is 5.92 Å². The van der Waals surface area contributed by atoms with E-state index in [-0.39, 0.29) is 5.91 Å². The topological polar surface area (TPSA) is 41.6 Å². The molecule has 0 aromatic carbocycles. The van der Waals surface area contributed by atoms with Gasteiger partial charge >= 0.3 is 0 Å². The molecule has 0 bridgehead atoms. The molecular weight excluding hydrogens is 216 g/mol. The van der Waals surface area contributed by atoms with Gasteiger partial charge in [0.05, 0.1) is 13.2 Å². The second-order valence-corrected chi connectivity index (χ2v) is 5.11. The van der Waals surface area contributed by atoms with Gasteiger partial charge in [-0.25, -0.2) is 0 Å². The van der Waals surface area contributed by atoms with E-state index in [4.69, 9.17) is 4.74 Å². The van der Waals surface area contributed by atoms with Crippen molar-refractivity contribution in [1.82, 2.24) is 10.2 Å². The molecule has 1 fully saturated rings. The van der Waals surface area contributed by atoms with Crippen molar-refractivity contribution >= 4 is 5.91 Å². The highest BCUT2D eigenvalue weighted by atomic mass is 16.5. The first-order valence-corrected chi connectivity index (χ1v) is 6.75. The van der Waals surface area contributed by atoms with E-state index in [0.717, 1.165) is 52.2 Å². The van der Waals surface area contributed by atoms with Crippen LogP contribution in [0.25, 0.3) is 0 Å². The molecule has 4 nitrogen and oxygen atoms in total. The van der Waals surface area contributed by atoms with E-state index in [9.17, 15) is 4.79 Å². The van der Waals surface area contributed by atoms with Crippen LogP contribution in [0.5, 0.6) is 0 Å². The Kier molecular flexibility index (Phi) is 7.21. The van der Waals surface area contributed by atoms with Crippen LogP contribution in [-0.2, 0) is 9.53 Å². The normalized spacial score (nSPS) is 17.4. The zero-order valence-electron chi connectivity index (χ0n) is 11.2. The highest BCUT2D eigenvalue weighted by molar-refractivity contribution is 5.75. The smallest absolute Gasteiger partial charge is 0.220 e. The van der Waals surface area contributed by atoms with Crippen LogP contribution in [0.2, 0.25) is 0 Å². The molecule has 0 aliphatic carbocycles. The van der Waals surface area contributed by atoms with Crippen LogP contribution < -0.4 is 5.32 Å². The van der Waals surface area contributed by atoms with Gasteiger partial charge in [0, 0.05) is 26.1 Å². The van der Waals surface area contributed by atoms with Crippen LogP contribution in [-0.4, -0.2) is 50.2 Å². The standard InChI is InChI=1S/C13H26N2O2/c1-12(2)11-13(16)14-5-3-4-6-15-7-9-17-10-8-15/h12H,3-11H2,1-2H3,(H,14,16). The van der Waals surface area contributed by atoms with Crippen LogP contribution in [0.4, 0.5) is 0 Å². The minimum atomic E-state index is 0.186. The van der Waals surface area contributed by atoms with E-state index in [0.29, 0.717) is 12.3 Å². The Balaban J connectivity index is 1.91. The summed E-state index contributed by atoms with van der Waals surface area (Å²) in [5, 5.41) is 2.97. The van der Waals surface area contributed by atoms with Crippen molar-refractivity contribution < 1.29 is 9.53 Å². The molecule has 0 aromatic heterocycles. The molecule has 1 saturated heterocycles. The Bertz CT molecular complexity index is 213. The number of nitrogens with zero attached hydrogens (tertiary/aromatic N) is 1. The van der Waals surface area contributed by atoms with Crippen molar-refractivity contribution in [2.45, 2.75) is 33.1 Å². The third-order valence-electron chi connectivity index (χ3n) is 2.92. The van der Waals surface area contributed by atoms with Gasteiger partial charge < -0.3 is 10.1 Å². The molecular formula is C13H26N2O2. The molecule has 17 heavy (non-hydrogen) atoms. The first-order valence-electron chi connectivity index (χ1n) is 6.75. The van der Waals surface area contributed by atoms with E-state index in [1.807, 2.05) is 0 Å². The second-order valence-electron chi connectivity index (χ2n) is 5.11. The van der Waals surface area contributed by atoms with E-state index >= 15 is 0 Å². The predicted octanol–water partition coefficient (Wildman–Crippen LogP) is 1.26. The fourth-order valence-electron chi connectivity index (χ4n) is 1.96. The lowest BCUT2D eigenvalue weighted by Gasteiger charge is -2.26. The van der Waals surface area contributed by atoms with Gasteiger partial charge in [0.1, 0.15) is 0 Å². The van der Waals surface area contributed by atoms with E-state index in [1.54, 1.807) is 0 Å². The zero-order chi connectivity index (χ0) is 12.5. The number of rotatable bonds is 7. The lowest BCUT2D eigenvalue weighted by atomic mass is 10.1. The number of ether oxygens (including phenoxy) is 1. The third-order valence-corrected chi connectivity index (χ3v) is 2.92. The zero-order valence-corrected chi connectivity index (χ0v) is 11.2. The number of morpholine rings is 1. The number of unbranched alkanes of at least 4 members (excludes halogenated alkanes) is 1. The van der Waals surface area contributed by atoms with Gasteiger partial charge in [-0.05, 0) is 25.3 Å². The van der Waals surface area contributed by atoms with Crippen molar-refractivity contribution in [1.29, 1.82) is 0 Å². The molecule has 0 unspecified atom stereocenters. The molecule has 1 heterocycles. The summed E-state index contributed by atoms with van der Waals surface area (Å²) in [6.07, 6.45) is 2.87. The summed E-state index contributed by atoms with van der Waals surface area (Å²) >= 11 is 0. The molecule has 100 valence electrons. The van der Waals surface area contributed by atoms with Crippen LogP contribution in [0.15, 0.2) is 0 Å². The van der Waals surface area contributed by atoms with Crippen LogP contribution >= 0.6 is 0 Å². The van der Waals surface area contributed by atoms with Gasteiger partial charge in [-0.2, -0.15) is 0 Å². The molecule has 0 spiro atoms. The van der Waals surface area contributed by atoms with Crippen LogP contribution in [0.3, 0.4) is 0 Å². The first kappa shape index (κ1) is 14.5. The minimum Gasteiger partial charge on any atom is -0.379 e. The fourth-order valence-corrected chi connectivity index (χ4v) is 1.96. The lowest BCUT2D eigenvalue weighted by Crippen LogP contribution is -2.37. The monoisotopic (exact) mass is 242 g/mol. The van der Waals surface area contributed by atoms with Gasteiger partial charge in [0.25, 0.3) is 0 Å². The van der Waals surface area contributed by atoms with Crippen LogP contribution in [0.1, 0.15) is 33.1 Å². The summed E-state index contributed by atoms with van der Waals surface area (Å²) in [7, 11) is 0. The van der Waals surface area contributed by atoms with Crippen LogP contribution in [0, 0.1) is 5.92 Å². The predicted molar refractivity (Wildman–Crippen MR) is 69.0 cm³/mol. The van der Waals surface area contributed by atoms with Gasteiger partial charge in [-0.1, -0.05) is 13.8 Å². The van der Waals surface area contributed by atoms with Crippen molar-refractivity contribution in [3.8, 4) is 0 Å². The summed E-state index contributed by atoms with van der Waals surface area (Å²) in [4.78, 5) is 13.8. The molecule has 1 N–H and O–H groups in total. The lowest BCUT2D eigenvalue weighted by molar-refractivity contribution is -0.121. The Labute approximate surface area is 105 Å². The number of carbonyl (C=O) groups is 1. The maximum atomic E-state index is 11.4. The van der Waals surface area contributed by atoms with E-state index in [2.05, 4.69) is 24.1 Å². The molecule has 0 aromatic rings. The summed E-state index contributed by atoms with van der Waals surface area (Å²) in [6.45, 7) is 9.92. The SMILES string of the molecule is CC(C)CC(=O)NCCCCN1CCOCC1. The number of amides is 1. The summed E-state index contributed by atoms with van der Waals surface area (Å²) in [5.41, 5.74) is 0. The average molecular weight is 242 g/mol. The summed E-state index contributed by atoms with van der Waals surface area (Å²) < 4.78 is 5.30. The summed E-state index contributed by atoms with van der Waals surface area (Å²) in [5.74, 6) is 0.634. The molecule has 0 saturated carbocycles. The number of carbonyl (C=O) groups excluding carboxylic acids is 1. The van der Waals surface area contributed by atoms with E-state index in [1.165, 1.54) is 0 Å². The highest BCUT2D eigenvalue weighted by Gasteiger charge is 2.09. The maximum absolute atomic E-state index is 11.4. The van der Waals surface area contributed by atoms with E-state index < -0.39 is 0 Å². The fraction of sp³-hybridized carbons (Fsp3) is 0.923. The molecule has 1 rings (SSSR count). The maximum Gasteiger partial charge on any atom is 0.220 e. The van der Waals surface area contributed by atoms with Crippen molar-refractivity contribution in [2.75, 3.05) is 39.4 Å². The van der Waals surface area contributed by atoms with Gasteiger partial charge in [0.15, 0.2) is 0 Å². The number of hydrogen-bond acceptors (Lipinski definition) is 3. The molecule has 1 aliphatic heterocycles. The Morgan fingerprint density at radius 1 is 1.29 bits per heavy atom. The minimum absolute atomic E-state index is 0.186. The Hall–Kier alpha value is -0.610. The highest BCUT2D eigenvalue weighted by Crippen LogP contribution is 2.00. The molecule has 1 aliphatic rings. The molecule has 1 amide bonds.